The van der Waals surface area contributed by atoms with Crippen molar-refractivity contribution in [2.75, 3.05) is 0 Å². The maximum Gasteiger partial charge on any atom is 0.407 e. The summed E-state index contributed by atoms with van der Waals surface area (Å²) in [6, 6.07) is 4.30. The van der Waals surface area contributed by atoms with E-state index in [0.29, 0.717) is 6.54 Å². The van der Waals surface area contributed by atoms with Crippen LogP contribution in [0.2, 0.25) is 0 Å². The molecule has 2 N–H and O–H groups in total. The summed E-state index contributed by atoms with van der Waals surface area (Å²) in [5.41, 5.74) is -0.462. The van der Waals surface area contributed by atoms with Gasteiger partial charge < -0.3 is 19.8 Å². The first-order valence-corrected chi connectivity index (χ1v) is 8.38. The Morgan fingerprint density at radius 1 is 1.38 bits per heavy atom. The number of ether oxygens (including phenoxy) is 1. The second kappa shape index (κ2) is 7.00. The van der Waals surface area contributed by atoms with Gasteiger partial charge in [0.05, 0.1) is 6.54 Å². The van der Waals surface area contributed by atoms with Crippen molar-refractivity contribution in [3.8, 4) is 0 Å². The number of carbonyl (C=O) groups is 1. The van der Waals surface area contributed by atoms with Gasteiger partial charge in [-0.3, -0.25) is 0 Å². The molecular formula is C15H23IN2O3. The molecule has 0 saturated heterocycles. The zero-order valence-electron chi connectivity index (χ0n) is 12.7. The van der Waals surface area contributed by atoms with Crippen molar-refractivity contribution in [2.24, 2.45) is 0 Å². The van der Waals surface area contributed by atoms with Gasteiger partial charge in [-0.2, -0.15) is 0 Å². The lowest BCUT2D eigenvalue weighted by atomic mass is 10.1. The van der Waals surface area contributed by atoms with Gasteiger partial charge >= 0.3 is 6.09 Å². The molecule has 0 spiro atoms. The van der Waals surface area contributed by atoms with Crippen LogP contribution in [0.25, 0.3) is 0 Å². The van der Waals surface area contributed by atoms with Crippen LogP contribution in [0.4, 0.5) is 4.79 Å². The number of alkyl carbamates (subject to hydrolysis) is 1. The minimum absolute atomic E-state index is 0.119. The second-order valence-corrected chi connectivity index (χ2v) is 7.44. The minimum atomic E-state index is -0.462. The van der Waals surface area contributed by atoms with Crippen LogP contribution < -0.4 is 10.6 Å². The summed E-state index contributed by atoms with van der Waals surface area (Å²) in [6.07, 6.45) is 2.80. The first-order valence-electron chi connectivity index (χ1n) is 7.30. The van der Waals surface area contributed by atoms with Crippen molar-refractivity contribution >= 4 is 28.7 Å². The van der Waals surface area contributed by atoms with Crippen LogP contribution in [0.5, 0.6) is 0 Å². The van der Waals surface area contributed by atoms with E-state index in [2.05, 4.69) is 33.2 Å². The number of hydrogen-bond donors (Lipinski definition) is 2. The number of amides is 1. The molecular weight excluding hydrogens is 383 g/mol. The lowest BCUT2D eigenvalue weighted by Gasteiger charge is -2.25. The molecule has 5 nitrogen and oxygen atoms in total. The van der Waals surface area contributed by atoms with Crippen LogP contribution in [-0.4, -0.2) is 23.8 Å². The molecule has 0 aromatic carbocycles. The zero-order chi connectivity index (χ0) is 15.5. The highest BCUT2D eigenvalue weighted by Crippen LogP contribution is 2.21. The lowest BCUT2D eigenvalue weighted by molar-refractivity contribution is 0.0498. The smallest absolute Gasteiger partial charge is 0.407 e. The quantitative estimate of drug-likeness (QED) is 0.753. The molecule has 21 heavy (non-hydrogen) atoms. The number of rotatable bonds is 4. The van der Waals surface area contributed by atoms with Gasteiger partial charge in [0.15, 0.2) is 3.77 Å². The van der Waals surface area contributed by atoms with E-state index in [0.717, 1.165) is 28.8 Å². The minimum Gasteiger partial charge on any atom is -0.454 e. The van der Waals surface area contributed by atoms with E-state index in [1.165, 1.54) is 0 Å². The zero-order valence-corrected chi connectivity index (χ0v) is 14.9. The average molecular weight is 406 g/mol. The van der Waals surface area contributed by atoms with E-state index >= 15 is 0 Å². The standard InChI is InChI=1S/C15H23IN2O3/c1-15(2,3)21-14(19)18-12-6-4-5-11(12)17-9-10-7-8-13(16)20-10/h7-8,11-12,17H,4-6,9H2,1-3H3,(H,18,19). The predicted octanol–water partition coefficient (Wildman–Crippen LogP) is 3.42. The maximum atomic E-state index is 11.9. The van der Waals surface area contributed by atoms with Gasteiger partial charge in [0.2, 0.25) is 0 Å². The third-order valence-corrected chi connectivity index (χ3v) is 3.97. The van der Waals surface area contributed by atoms with E-state index in [4.69, 9.17) is 9.15 Å². The highest BCUT2D eigenvalue weighted by Gasteiger charge is 2.29. The van der Waals surface area contributed by atoms with Gasteiger partial charge in [-0.05, 0) is 74.8 Å². The summed E-state index contributed by atoms with van der Waals surface area (Å²) < 4.78 is 11.7. The van der Waals surface area contributed by atoms with Crippen molar-refractivity contribution < 1.29 is 13.9 Å². The van der Waals surface area contributed by atoms with E-state index < -0.39 is 5.60 Å². The molecule has 0 aliphatic heterocycles. The summed E-state index contributed by atoms with van der Waals surface area (Å²) in [5.74, 6) is 0.919. The molecule has 6 heteroatoms. The Labute approximate surface area is 139 Å². The molecule has 1 saturated carbocycles. The molecule has 0 bridgehead atoms. The fourth-order valence-corrected chi connectivity index (χ4v) is 2.98. The largest absolute Gasteiger partial charge is 0.454 e. The summed E-state index contributed by atoms with van der Waals surface area (Å²) in [4.78, 5) is 11.9. The van der Waals surface area contributed by atoms with Crippen molar-refractivity contribution in [3.05, 3.63) is 21.7 Å². The Bertz CT molecular complexity index is 482. The van der Waals surface area contributed by atoms with Gasteiger partial charge in [0.1, 0.15) is 11.4 Å². The molecule has 2 atom stereocenters. The molecule has 1 aliphatic rings. The molecule has 1 aromatic rings. The normalized spacial score (nSPS) is 22.3. The van der Waals surface area contributed by atoms with E-state index in [-0.39, 0.29) is 18.2 Å². The van der Waals surface area contributed by atoms with Crippen LogP contribution in [0, 0.1) is 3.77 Å². The third-order valence-electron chi connectivity index (χ3n) is 3.39. The molecule has 1 amide bonds. The predicted molar refractivity (Wildman–Crippen MR) is 89.1 cm³/mol. The van der Waals surface area contributed by atoms with E-state index in [1.54, 1.807) is 0 Å². The maximum absolute atomic E-state index is 11.9. The lowest BCUT2D eigenvalue weighted by Crippen LogP contribution is -2.47. The summed E-state index contributed by atoms with van der Waals surface area (Å²) >= 11 is 2.15. The number of furan rings is 1. The van der Waals surface area contributed by atoms with Crippen LogP contribution in [-0.2, 0) is 11.3 Å². The number of nitrogens with one attached hydrogen (secondary N) is 2. The van der Waals surface area contributed by atoms with Gasteiger partial charge in [-0.1, -0.05) is 0 Å². The fourth-order valence-electron chi connectivity index (χ4n) is 2.51. The Balaban J connectivity index is 1.81. The Kier molecular flexibility index (Phi) is 5.54. The van der Waals surface area contributed by atoms with E-state index in [9.17, 15) is 4.79 Å². The van der Waals surface area contributed by atoms with Gasteiger partial charge in [0, 0.05) is 12.1 Å². The van der Waals surface area contributed by atoms with Crippen LogP contribution in [0.3, 0.4) is 0 Å². The molecule has 2 unspecified atom stereocenters. The Morgan fingerprint density at radius 3 is 2.71 bits per heavy atom. The Morgan fingerprint density at radius 2 is 2.10 bits per heavy atom. The SMILES string of the molecule is CC(C)(C)OC(=O)NC1CCCC1NCc1ccc(I)o1. The highest BCUT2D eigenvalue weighted by atomic mass is 127. The first kappa shape index (κ1) is 16.6. The summed E-state index contributed by atoms with van der Waals surface area (Å²) in [5, 5.41) is 6.43. The van der Waals surface area contributed by atoms with Gasteiger partial charge in [-0.25, -0.2) is 4.79 Å². The second-order valence-electron chi connectivity index (χ2n) is 6.38. The van der Waals surface area contributed by atoms with Crippen LogP contribution >= 0.6 is 22.6 Å². The number of hydrogen-bond acceptors (Lipinski definition) is 4. The Hall–Kier alpha value is -0.760. The molecule has 1 heterocycles. The molecule has 1 aromatic heterocycles. The molecule has 0 radical (unpaired) electrons. The fraction of sp³-hybridized carbons (Fsp3) is 0.667. The highest BCUT2D eigenvalue weighted by molar-refractivity contribution is 14.1. The van der Waals surface area contributed by atoms with Crippen molar-refractivity contribution in [2.45, 2.75) is 64.3 Å². The topological polar surface area (TPSA) is 63.5 Å². The summed E-state index contributed by atoms with van der Waals surface area (Å²) in [6.45, 7) is 6.29. The third kappa shape index (κ3) is 5.50. The first-order chi connectivity index (χ1) is 9.83. The summed E-state index contributed by atoms with van der Waals surface area (Å²) in [7, 11) is 0. The van der Waals surface area contributed by atoms with E-state index in [1.807, 2.05) is 32.9 Å². The molecule has 1 aliphatic carbocycles. The van der Waals surface area contributed by atoms with Gasteiger partial charge in [-0.15, -0.1) is 0 Å². The monoisotopic (exact) mass is 406 g/mol. The molecule has 2 rings (SSSR count). The van der Waals surface area contributed by atoms with Crippen molar-refractivity contribution in [1.29, 1.82) is 0 Å². The van der Waals surface area contributed by atoms with Crippen molar-refractivity contribution in [3.63, 3.8) is 0 Å². The molecule has 118 valence electrons. The van der Waals surface area contributed by atoms with Crippen molar-refractivity contribution in [1.82, 2.24) is 10.6 Å². The van der Waals surface area contributed by atoms with Crippen LogP contribution in [0.15, 0.2) is 16.5 Å². The van der Waals surface area contributed by atoms with Gasteiger partial charge in [0.25, 0.3) is 0 Å². The van der Waals surface area contributed by atoms with Crippen LogP contribution in [0.1, 0.15) is 45.8 Å². The number of halogens is 1. The average Bonchev–Trinajstić information content (AvgIpc) is 2.93. The number of carbonyl (C=O) groups excluding carboxylic acids is 1. The molecule has 1 fully saturated rings.